The molecule has 0 spiro atoms. The number of allylic oxidation sites excluding steroid dienone is 2. The molecule has 0 radical (unpaired) electrons. The van der Waals surface area contributed by atoms with E-state index in [1.807, 2.05) is 0 Å². The third-order valence-corrected chi connectivity index (χ3v) is 9.45. The van der Waals surface area contributed by atoms with Crippen LogP contribution in [0.3, 0.4) is 0 Å². The molecule has 0 fully saturated rings. The van der Waals surface area contributed by atoms with Gasteiger partial charge in [-0.2, -0.15) is 0 Å². The van der Waals surface area contributed by atoms with Gasteiger partial charge in [-0.25, -0.2) is 0 Å². The number of alkyl halides is 4. The zero-order valence-corrected chi connectivity index (χ0v) is 18.1. The van der Waals surface area contributed by atoms with Crippen molar-refractivity contribution in [3.8, 4) is 17.4 Å². The number of fused-ring (bicyclic) bond motifs is 5. The summed E-state index contributed by atoms with van der Waals surface area (Å²) in [6.45, 7) is 0. The van der Waals surface area contributed by atoms with Gasteiger partial charge in [0.15, 0.2) is 4.33 Å². The Morgan fingerprint density at radius 1 is 0.731 bits per heavy atom. The summed E-state index contributed by atoms with van der Waals surface area (Å²) < 4.78 is -0.878. The number of nitrogens with zero attached hydrogens (tertiary/aromatic N) is 1. The number of rotatable bonds is 1. The lowest BCUT2D eigenvalue weighted by molar-refractivity contribution is 0.391. The second-order valence-corrected chi connectivity index (χ2v) is 9.88. The number of hydrogen-bond acceptors (Lipinski definition) is 2. The highest BCUT2D eigenvalue weighted by Crippen LogP contribution is 2.80. The monoisotopic (exact) mass is 511 g/mol. The lowest BCUT2D eigenvalue weighted by Crippen LogP contribution is -2.40. The van der Waals surface area contributed by atoms with E-state index >= 15 is 0 Å². The molecule has 2 aliphatic rings. The second-order valence-electron chi connectivity index (χ2n) is 5.85. The Morgan fingerprint density at radius 2 is 1.19 bits per heavy atom. The fourth-order valence-electron chi connectivity index (χ4n) is 3.42. The predicted molar refractivity (Wildman–Crippen MR) is 107 cm³/mol. The van der Waals surface area contributed by atoms with E-state index in [0.717, 1.165) is 4.57 Å². The molecule has 0 aliphatic heterocycles. The minimum absolute atomic E-state index is 0.0304. The van der Waals surface area contributed by atoms with E-state index in [4.69, 9.17) is 92.8 Å². The molecule has 1 heterocycles. The summed E-state index contributed by atoms with van der Waals surface area (Å²) in [5.41, 5.74) is 0.236. The largest absolute Gasteiger partial charge is 0.494 e. The van der Waals surface area contributed by atoms with Crippen molar-refractivity contribution in [2.75, 3.05) is 0 Å². The Balaban J connectivity index is 2.09. The molecule has 138 valence electrons. The quantitative estimate of drug-likeness (QED) is 0.404. The highest BCUT2D eigenvalue weighted by molar-refractivity contribution is 6.65. The van der Waals surface area contributed by atoms with Crippen LogP contribution in [0.25, 0.3) is 5.69 Å². The van der Waals surface area contributed by atoms with Crippen molar-refractivity contribution in [3.63, 3.8) is 0 Å². The van der Waals surface area contributed by atoms with Crippen LogP contribution in [-0.2, 0) is 9.75 Å². The zero-order chi connectivity index (χ0) is 19.4. The third-order valence-electron chi connectivity index (χ3n) is 4.63. The minimum Gasteiger partial charge on any atom is -0.494 e. The number of hydrogen-bond donors (Lipinski definition) is 2. The summed E-state index contributed by atoms with van der Waals surface area (Å²) in [6, 6.07) is 4.46. The maximum Gasteiger partial charge on any atom is 0.204 e. The van der Waals surface area contributed by atoms with Gasteiger partial charge < -0.3 is 10.2 Å². The van der Waals surface area contributed by atoms with Crippen molar-refractivity contribution in [2.45, 2.75) is 14.1 Å². The first-order valence-electron chi connectivity index (χ1n) is 6.87. The van der Waals surface area contributed by atoms with Gasteiger partial charge >= 0.3 is 0 Å². The van der Waals surface area contributed by atoms with Crippen molar-refractivity contribution in [2.24, 2.45) is 0 Å². The van der Waals surface area contributed by atoms with Crippen molar-refractivity contribution in [3.05, 3.63) is 49.4 Å². The second kappa shape index (κ2) is 5.61. The molecule has 1 aromatic heterocycles. The van der Waals surface area contributed by atoms with Crippen LogP contribution >= 0.6 is 92.8 Å². The van der Waals surface area contributed by atoms with Crippen LogP contribution in [0.1, 0.15) is 11.1 Å². The van der Waals surface area contributed by atoms with Crippen LogP contribution in [0, 0.1) is 0 Å². The van der Waals surface area contributed by atoms with Crippen LogP contribution in [0.5, 0.6) is 11.8 Å². The third kappa shape index (κ3) is 1.87. The van der Waals surface area contributed by atoms with Gasteiger partial charge in [0.1, 0.15) is 9.75 Å². The molecule has 1 aromatic carbocycles. The van der Waals surface area contributed by atoms with Crippen LogP contribution in [0.15, 0.2) is 28.3 Å². The fraction of sp³-hybridized carbons (Fsp3) is 0.200. The van der Waals surface area contributed by atoms with E-state index in [9.17, 15) is 10.2 Å². The van der Waals surface area contributed by atoms with Gasteiger partial charge in [-0.05, 0) is 18.2 Å². The highest BCUT2D eigenvalue weighted by atomic mass is 35.5. The van der Waals surface area contributed by atoms with Gasteiger partial charge in [0, 0.05) is 0 Å². The molecule has 2 atom stereocenters. The van der Waals surface area contributed by atoms with Crippen LogP contribution < -0.4 is 0 Å². The van der Waals surface area contributed by atoms with E-state index in [2.05, 4.69) is 0 Å². The van der Waals surface area contributed by atoms with E-state index in [1.54, 1.807) is 0 Å². The molecule has 3 nitrogen and oxygen atoms in total. The molecule has 2 aromatic rings. The van der Waals surface area contributed by atoms with Crippen LogP contribution in [0.2, 0.25) is 10.0 Å². The molecule has 0 saturated carbocycles. The van der Waals surface area contributed by atoms with Crippen LogP contribution in [0.4, 0.5) is 0 Å². The number of halogens is 8. The molecule has 11 heteroatoms. The molecule has 0 unspecified atom stereocenters. The highest BCUT2D eigenvalue weighted by Gasteiger charge is 2.80. The van der Waals surface area contributed by atoms with Gasteiger partial charge in [-0.3, -0.25) is 4.57 Å². The molecular weight excluding hydrogens is 510 g/mol. The van der Waals surface area contributed by atoms with E-state index < -0.39 is 25.8 Å². The standard InChI is InChI=1S/C15H5Cl8NO2/c16-5-2-1-4(3-6(5)17)24-11(25)7-8(12(24)26)14(21)10(19)9(18)13(7,20)15(14,22)23/h1-3,25-26H/t13-,14+. The van der Waals surface area contributed by atoms with Crippen molar-refractivity contribution in [1.82, 2.24) is 4.57 Å². The van der Waals surface area contributed by atoms with Gasteiger partial charge in [0.25, 0.3) is 0 Å². The summed E-state index contributed by atoms with van der Waals surface area (Å²) in [5.74, 6) is -0.914. The Bertz CT molecular complexity index is 978. The van der Waals surface area contributed by atoms with Crippen molar-refractivity contribution in [1.29, 1.82) is 0 Å². The van der Waals surface area contributed by atoms with E-state index in [1.165, 1.54) is 18.2 Å². The normalized spacial score (nSPS) is 28.8. The Labute approximate surface area is 187 Å². The smallest absolute Gasteiger partial charge is 0.204 e. The SMILES string of the molecule is Oc1c2c(c(O)n1-c1ccc(Cl)c(Cl)c1)[C@@]1(Cl)C(Cl)=C(Cl)[C@]2(Cl)C1(Cl)Cl. The Kier molecular flexibility index (Phi) is 4.20. The van der Waals surface area contributed by atoms with Crippen molar-refractivity contribution < 1.29 is 10.2 Å². The molecule has 4 rings (SSSR count). The van der Waals surface area contributed by atoms with Crippen LogP contribution in [-0.4, -0.2) is 19.1 Å². The summed E-state index contributed by atoms with van der Waals surface area (Å²) >= 11 is 50.5. The Morgan fingerprint density at radius 3 is 1.62 bits per heavy atom. The van der Waals surface area contributed by atoms with Gasteiger partial charge in [0.2, 0.25) is 11.8 Å². The van der Waals surface area contributed by atoms with Gasteiger partial charge in [0.05, 0.1) is 36.9 Å². The molecule has 2 N–H and O–H groups in total. The molecule has 2 bridgehead atoms. The molecule has 2 aliphatic carbocycles. The maximum absolute atomic E-state index is 10.8. The first-order chi connectivity index (χ1) is 11.9. The topological polar surface area (TPSA) is 45.4 Å². The van der Waals surface area contributed by atoms with E-state index in [-0.39, 0.29) is 26.2 Å². The van der Waals surface area contributed by atoms with Gasteiger partial charge in [-0.1, -0.05) is 69.6 Å². The summed E-state index contributed by atoms with van der Waals surface area (Å²) in [5, 5.41) is 21.9. The first kappa shape index (κ1) is 19.5. The molecule has 0 amide bonds. The number of aromatic hydroxyl groups is 2. The number of benzene rings is 1. The summed E-state index contributed by atoms with van der Waals surface area (Å²) in [6.07, 6.45) is 0. The average Bonchev–Trinajstić information content (AvgIpc) is 2.95. The van der Waals surface area contributed by atoms with E-state index in [0.29, 0.717) is 10.7 Å². The molecular formula is C15H5Cl8NO2. The van der Waals surface area contributed by atoms with Crippen molar-refractivity contribution >= 4 is 92.8 Å². The maximum atomic E-state index is 10.8. The molecule has 0 saturated heterocycles. The molecule has 26 heavy (non-hydrogen) atoms. The lowest BCUT2D eigenvalue weighted by Gasteiger charge is -2.32. The summed E-state index contributed by atoms with van der Waals surface area (Å²) in [7, 11) is 0. The number of aromatic nitrogens is 1. The zero-order valence-electron chi connectivity index (χ0n) is 12.1. The lowest BCUT2D eigenvalue weighted by atomic mass is 10.00. The fourth-order valence-corrected chi connectivity index (χ4v) is 6.39. The average molecular weight is 515 g/mol. The first-order valence-corrected chi connectivity index (χ1v) is 9.89. The predicted octanol–water partition coefficient (Wildman–Crippen LogP) is 6.95. The Hall–Kier alpha value is 0.160. The van der Waals surface area contributed by atoms with Gasteiger partial charge in [-0.15, -0.1) is 23.2 Å². The summed E-state index contributed by atoms with van der Waals surface area (Å²) in [4.78, 5) is -3.70. The minimum atomic E-state index is -1.95.